The second kappa shape index (κ2) is 23.2. The molecule has 0 bridgehead atoms. The van der Waals surface area contributed by atoms with E-state index in [4.69, 9.17) is 17.2 Å². The Labute approximate surface area is 412 Å². The second-order valence-corrected chi connectivity index (χ2v) is 19.9. The number of aromatic nitrogens is 3. The van der Waals surface area contributed by atoms with Crippen molar-refractivity contribution in [3.8, 4) is 21.7 Å². The van der Waals surface area contributed by atoms with Gasteiger partial charge in [-0.3, -0.25) is 38.4 Å². The first-order chi connectivity index (χ1) is 33.6. The smallest absolute Gasteiger partial charge is 0.243 e. The zero-order valence-corrected chi connectivity index (χ0v) is 40.6. The minimum atomic E-state index is -1.47. The Balaban J connectivity index is 1.24. The number of amides is 7. The van der Waals surface area contributed by atoms with Crippen molar-refractivity contribution >= 4 is 79.9 Å². The Bertz CT molecular complexity index is 2700. The summed E-state index contributed by atoms with van der Waals surface area (Å²) < 4.78 is 2.57. The molecule has 0 aliphatic carbocycles. The fraction of sp³-hybridized carbons (Fsp3) is 0.429. The summed E-state index contributed by atoms with van der Waals surface area (Å²) in [5.74, 6) is -7.20. The number of Topliss-reactive ketones (excluding diaryl/α,β-unsaturated/α-hetero) is 1. The van der Waals surface area contributed by atoms with Crippen molar-refractivity contribution in [3.63, 3.8) is 0 Å². The van der Waals surface area contributed by atoms with E-state index in [2.05, 4.69) is 31.6 Å². The van der Waals surface area contributed by atoms with Gasteiger partial charge in [-0.15, -0.1) is 27.8 Å². The van der Waals surface area contributed by atoms with Gasteiger partial charge >= 0.3 is 0 Å². The highest BCUT2D eigenvalue weighted by Crippen LogP contribution is 2.34. The van der Waals surface area contributed by atoms with Crippen LogP contribution in [0.3, 0.4) is 0 Å². The molecule has 0 unspecified atom stereocenters. The maximum Gasteiger partial charge on any atom is 0.243 e. The lowest BCUT2D eigenvalue weighted by atomic mass is 9.84. The summed E-state index contributed by atoms with van der Waals surface area (Å²) in [6.45, 7) is 3.74. The maximum absolute atomic E-state index is 15.2. The molecule has 7 amide bonds. The van der Waals surface area contributed by atoms with Crippen LogP contribution in [0.2, 0.25) is 0 Å². The quantitative estimate of drug-likeness (QED) is 0.107. The van der Waals surface area contributed by atoms with Gasteiger partial charge in [0.2, 0.25) is 41.4 Å². The van der Waals surface area contributed by atoms with Crippen molar-refractivity contribution in [2.45, 2.75) is 108 Å². The second-order valence-electron chi connectivity index (χ2n) is 18.1. The normalized spacial score (nSPS) is 24.3. The van der Waals surface area contributed by atoms with E-state index < -0.39 is 114 Å². The Kier molecular flexibility index (Phi) is 16.9. The van der Waals surface area contributed by atoms with Crippen molar-refractivity contribution < 1.29 is 38.4 Å². The summed E-state index contributed by atoms with van der Waals surface area (Å²) in [6.07, 6.45) is 1.57. The Morgan fingerprint density at radius 3 is 2.31 bits per heavy atom. The minimum Gasteiger partial charge on any atom is -0.370 e. The zero-order chi connectivity index (χ0) is 50.1. The predicted molar refractivity (Wildman–Crippen MR) is 264 cm³/mol. The molecule has 10 N–H and O–H groups in total. The van der Waals surface area contributed by atoms with Crippen molar-refractivity contribution in [1.29, 1.82) is 0 Å². The number of fused-ring (bicyclic) bond motifs is 2. The highest BCUT2D eigenvalue weighted by molar-refractivity contribution is 7.17. The number of hydrogen-bond acceptors (Lipinski definition) is 13. The van der Waals surface area contributed by atoms with Crippen LogP contribution < -0.4 is 38.5 Å². The van der Waals surface area contributed by atoms with E-state index in [1.807, 2.05) is 78.3 Å². The molecule has 70 heavy (non-hydrogen) atoms. The fourth-order valence-electron chi connectivity index (χ4n) is 8.96. The largest absolute Gasteiger partial charge is 0.370 e. The molecule has 0 radical (unpaired) electrons. The lowest BCUT2D eigenvalue weighted by Crippen LogP contribution is -2.57. The van der Waals surface area contributed by atoms with Crippen LogP contribution in [0.25, 0.3) is 31.8 Å². The number of nitrogens with two attached hydrogens (primary N) is 3. The van der Waals surface area contributed by atoms with E-state index in [0.29, 0.717) is 25.0 Å². The van der Waals surface area contributed by atoms with Gasteiger partial charge in [0.25, 0.3) is 0 Å². The fourth-order valence-corrected chi connectivity index (χ4v) is 10.7. The van der Waals surface area contributed by atoms with E-state index in [1.165, 1.54) is 16.2 Å². The molecule has 2 aliphatic heterocycles. The van der Waals surface area contributed by atoms with Crippen LogP contribution in [-0.2, 0) is 44.8 Å². The summed E-state index contributed by atoms with van der Waals surface area (Å²) >= 11 is 3.10. The molecule has 0 spiro atoms. The van der Waals surface area contributed by atoms with Crippen LogP contribution in [0.4, 0.5) is 0 Å². The summed E-state index contributed by atoms with van der Waals surface area (Å²) in [4.78, 5) is 112. The topological polar surface area (TPSA) is 297 Å². The Hall–Kier alpha value is -6.84. The van der Waals surface area contributed by atoms with Crippen LogP contribution in [-0.4, -0.2) is 110 Å². The van der Waals surface area contributed by atoms with Gasteiger partial charge in [-0.05, 0) is 64.6 Å². The number of ketones is 1. The SMILES string of the molecule is CC[C@H](C)[C@@H]1CC(=O)[C@H](CC(N)=O)NC(=O)[C@@H](N)CC(=O)NCCCC[C@@H](C(N)=O)NC(=O)[C@H](Cc2csc3ccccc23)NC(=O)[C@@H]2C[C@H](n3cc(-c4ccc(-c5cccs5)cc4)nn3)CN2C1=O. The van der Waals surface area contributed by atoms with Crippen LogP contribution in [0.15, 0.2) is 77.6 Å². The third-order valence-electron chi connectivity index (χ3n) is 13.2. The first-order valence-corrected chi connectivity index (χ1v) is 25.2. The predicted octanol–water partition coefficient (Wildman–Crippen LogP) is 2.73. The van der Waals surface area contributed by atoms with Gasteiger partial charge in [0.1, 0.15) is 23.8 Å². The van der Waals surface area contributed by atoms with Crippen molar-refractivity contribution in [1.82, 2.24) is 41.2 Å². The lowest BCUT2D eigenvalue weighted by molar-refractivity contribution is -0.145. The standard InChI is InChI=1S/C49H59N11O8S2/c1-3-27(2)33-21-40(61)36(23-43(51)62)55-46(65)34(50)22-44(63)53-17-7-6-10-35(45(52)64)54-47(66)37(19-30-26-70-42-11-5-4-9-32(30)42)56-48(67)39-20-31(24-59(39)49(33)68)60-25-38(57-58-60)28-13-15-29(16-14-28)41-12-8-18-69-41/h4-5,8-9,11-16,18,25-27,31,33-37,39H,3,6-7,10,17,19-24,50H2,1-2H3,(H2,51,62)(H2,52,64)(H,53,63)(H,54,66)(H,55,65)(H,56,67)/t27-,31-,33-,34-,35-,36-,37-,39-/m0/s1. The molecule has 2 fully saturated rings. The van der Waals surface area contributed by atoms with E-state index in [1.54, 1.807) is 29.1 Å². The Morgan fingerprint density at radius 1 is 0.857 bits per heavy atom. The van der Waals surface area contributed by atoms with Gasteiger partial charge in [-0.25, -0.2) is 4.68 Å². The van der Waals surface area contributed by atoms with Gasteiger partial charge in [-0.2, -0.15) is 0 Å². The molecule has 19 nitrogen and oxygen atoms in total. The maximum atomic E-state index is 15.2. The molecule has 8 atom stereocenters. The van der Waals surface area contributed by atoms with Gasteiger partial charge in [0, 0.05) is 53.4 Å². The van der Waals surface area contributed by atoms with Gasteiger partial charge in [-0.1, -0.05) is 74.0 Å². The highest BCUT2D eigenvalue weighted by Gasteiger charge is 2.45. The highest BCUT2D eigenvalue weighted by atomic mass is 32.1. The lowest BCUT2D eigenvalue weighted by Gasteiger charge is -2.32. The molecule has 5 aromatic rings. The van der Waals surface area contributed by atoms with Gasteiger partial charge in [0.05, 0.1) is 37.2 Å². The first kappa shape index (κ1) is 51.0. The number of thiophene rings is 2. The summed E-state index contributed by atoms with van der Waals surface area (Å²) in [7, 11) is 0. The molecule has 3 aromatic heterocycles. The van der Waals surface area contributed by atoms with Gasteiger partial charge < -0.3 is 43.4 Å². The molecule has 0 saturated carbocycles. The molecule has 7 rings (SSSR count). The summed E-state index contributed by atoms with van der Waals surface area (Å²) in [6, 6.07) is 12.5. The number of carbonyl (C=O) groups is 8. The van der Waals surface area contributed by atoms with Crippen LogP contribution in [0.1, 0.15) is 76.8 Å². The number of rotatable bonds is 10. The molecule has 2 aliphatic rings. The number of nitrogens with one attached hydrogen (secondary N) is 4. The monoisotopic (exact) mass is 993 g/mol. The van der Waals surface area contributed by atoms with Crippen LogP contribution in [0, 0.1) is 11.8 Å². The minimum absolute atomic E-state index is 0.0278. The third kappa shape index (κ3) is 12.5. The van der Waals surface area contributed by atoms with E-state index >= 15 is 4.79 Å². The van der Waals surface area contributed by atoms with Crippen molar-refractivity contribution in [2.75, 3.05) is 13.1 Å². The number of hydrogen-bond donors (Lipinski definition) is 7. The van der Waals surface area contributed by atoms with Crippen LogP contribution in [0.5, 0.6) is 0 Å². The van der Waals surface area contributed by atoms with Gasteiger partial charge in [0.15, 0.2) is 5.78 Å². The third-order valence-corrected chi connectivity index (χ3v) is 15.1. The average Bonchev–Trinajstić information content (AvgIpc) is 4.19. The summed E-state index contributed by atoms with van der Waals surface area (Å²) in [5, 5.41) is 24.5. The van der Waals surface area contributed by atoms with E-state index in [9.17, 15) is 33.6 Å². The van der Waals surface area contributed by atoms with Crippen LogP contribution >= 0.6 is 22.7 Å². The molecule has 5 heterocycles. The molecule has 21 heteroatoms. The van der Waals surface area contributed by atoms with E-state index in [0.717, 1.165) is 31.7 Å². The molecular weight excluding hydrogens is 935 g/mol. The van der Waals surface area contributed by atoms with Crippen molar-refractivity contribution in [2.24, 2.45) is 29.0 Å². The van der Waals surface area contributed by atoms with E-state index in [-0.39, 0.29) is 32.4 Å². The summed E-state index contributed by atoms with van der Waals surface area (Å²) in [5.41, 5.74) is 20.6. The van der Waals surface area contributed by atoms with Crippen molar-refractivity contribution in [3.05, 3.63) is 83.2 Å². The molecular formula is C49H59N11O8S2. The Morgan fingerprint density at radius 2 is 1.60 bits per heavy atom. The number of nitrogens with zero attached hydrogens (tertiary/aromatic N) is 4. The molecule has 2 aromatic carbocycles. The molecule has 2 saturated heterocycles. The zero-order valence-electron chi connectivity index (χ0n) is 39.0. The molecule has 370 valence electrons. The average molecular weight is 994 g/mol. The number of benzene rings is 2. The first-order valence-electron chi connectivity index (χ1n) is 23.5. The number of primary amides is 2. The number of carbonyl (C=O) groups excluding carboxylic acids is 8.